The van der Waals surface area contributed by atoms with Crippen molar-refractivity contribution < 1.29 is 0 Å². The molecule has 4 N–H and O–H groups in total. The van der Waals surface area contributed by atoms with Gasteiger partial charge in [-0.3, -0.25) is 0 Å². The highest BCUT2D eigenvalue weighted by Crippen LogP contribution is 2.16. The summed E-state index contributed by atoms with van der Waals surface area (Å²) in [6.45, 7) is 2.33. The average Bonchev–Trinajstić information content (AvgIpc) is 2.60. The lowest BCUT2D eigenvalue weighted by Gasteiger charge is -2.07. The zero-order chi connectivity index (χ0) is 10.8. The predicted octanol–water partition coefficient (Wildman–Crippen LogP) is 0.617. The van der Waals surface area contributed by atoms with E-state index >= 15 is 0 Å². The topological polar surface area (TPSA) is 82.8 Å². The summed E-state index contributed by atoms with van der Waals surface area (Å²) in [5.74, 6) is 0.745. The Bertz CT molecular complexity index is 474. The fraction of sp³-hybridized carbons (Fsp3) is 0.200. The van der Waals surface area contributed by atoms with Crippen molar-refractivity contribution in [3.05, 3.63) is 35.8 Å². The molecule has 0 saturated heterocycles. The third kappa shape index (κ3) is 1.57. The van der Waals surface area contributed by atoms with E-state index in [-0.39, 0.29) is 0 Å². The third-order valence-electron chi connectivity index (χ3n) is 2.34. The summed E-state index contributed by atoms with van der Waals surface area (Å²) in [6.07, 6.45) is 3.33. The number of hydrogen-bond donors (Lipinski definition) is 2. The fourth-order valence-electron chi connectivity index (χ4n) is 1.42. The van der Waals surface area contributed by atoms with Crippen LogP contribution in [0.1, 0.15) is 11.3 Å². The van der Waals surface area contributed by atoms with Crippen molar-refractivity contribution >= 4 is 5.69 Å². The smallest absolute Gasteiger partial charge is 0.158 e. The van der Waals surface area contributed by atoms with Crippen LogP contribution in [0.5, 0.6) is 0 Å². The molecule has 0 fully saturated rings. The van der Waals surface area contributed by atoms with E-state index in [2.05, 4.69) is 10.1 Å². The van der Waals surface area contributed by atoms with E-state index in [1.54, 1.807) is 17.1 Å². The molecule has 0 unspecified atom stereocenters. The molecular formula is C10H13N5. The summed E-state index contributed by atoms with van der Waals surface area (Å²) in [4.78, 5) is 4.26. The van der Waals surface area contributed by atoms with Gasteiger partial charge in [0.05, 0.1) is 17.6 Å². The zero-order valence-electron chi connectivity index (χ0n) is 8.51. The molecule has 2 heterocycles. The number of nitrogen functional groups attached to an aromatic ring is 1. The molecule has 2 aromatic heterocycles. The Kier molecular flexibility index (Phi) is 2.39. The molecule has 15 heavy (non-hydrogen) atoms. The first-order valence-corrected chi connectivity index (χ1v) is 4.68. The van der Waals surface area contributed by atoms with E-state index in [0.717, 1.165) is 17.1 Å². The molecule has 5 nitrogen and oxygen atoms in total. The molecule has 0 saturated carbocycles. The number of nitrogens with two attached hydrogens (primary N) is 2. The lowest BCUT2D eigenvalue weighted by molar-refractivity contribution is 0.799. The summed E-state index contributed by atoms with van der Waals surface area (Å²) in [6, 6.07) is 3.79. The van der Waals surface area contributed by atoms with Gasteiger partial charge in [0.15, 0.2) is 5.82 Å². The van der Waals surface area contributed by atoms with Gasteiger partial charge in [-0.05, 0) is 13.0 Å². The van der Waals surface area contributed by atoms with Gasteiger partial charge in [-0.1, -0.05) is 6.07 Å². The highest BCUT2D eigenvalue weighted by molar-refractivity contribution is 5.45. The molecule has 2 aromatic rings. The van der Waals surface area contributed by atoms with Crippen molar-refractivity contribution in [2.24, 2.45) is 5.73 Å². The van der Waals surface area contributed by atoms with Gasteiger partial charge in [-0.25, -0.2) is 9.67 Å². The summed E-state index contributed by atoms with van der Waals surface area (Å²) < 4.78 is 1.71. The number of hydrogen-bond acceptors (Lipinski definition) is 4. The summed E-state index contributed by atoms with van der Waals surface area (Å²) in [5.41, 5.74) is 13.8. The van der Waals surface area contributed by atoms with Crippen LogP contribution in [0.25, 0.3) is 5.82 Å². The van der Waals surface area contributed by atoms with Gasteiger partial charge in [0.25, 0.3) is 0 Å². The largest absolute Gasteiger partial charge is 0.396 e. The molecule has 0 radical (unpaired) electrons. The van der Waals surface area contributed by atoms with Crippen LogP contribution in [0, 0.1) is 6.92 Å². The predicted molar refractivity (Wildman–Crippen MR) is 58.4 cm³/mol. The van der Waals surface area contributed by atoms with Gasteiger partial charge in [0.1, 0.15) is 0 Å². The second kappa shape index (κ2) is 3.70. The van der Waals surface area contributed by atoms with Gasteiger partial charge >= 0.3 is 0 Å². The van der Waals surface area contributed by atoms with Crippen molar-refractivity contribution in [3.8, 4) is 5.82 Å². The molecule has 0 atom stereocenters. The fourth-order valence-corrected chi connectivity index (χ4v) is 1.42. The molecule has 0 aliphatic rings. The lowest BCUT2D eigenvalue weighted by Crippen LogP contribution is -2.09. The van der Waals surface area contributed by atoms with E-state index in [0.29, 0.717) is 12.2 Å². The van der Waals surface area contributed by atoms with Crippen LogP contribution in [0.4, 0.5) is 5.69 Å². The Labute approximate surface area is 87.7 Å². The van der Waals surface area contributed by atoms with Crippen molar-refractivity contribution in [1.29, 1.82) is 0 Å². The number of rotatable bonds is 2. The minimum absolute atomic E-state index is 0.433. The van der Waals surface area contributed by atoms with Crippen LogP contribution in [0.3, 0.4) is 0 Å². The van der Waals surface area contributed by atoms with Crippen LogP contribution < -0.4 is 11.5 Å². The Morgan fingerprint density at radius 3 is 2.87 bits per heavy atom. The highest BCUT2D eigenvalue weighted by atomic mass is 15.3. The van der Waals surface area contributed by atoms with Gasteiger partial charge in [0, 0.05) is 18.3 Å². The van der Waals surface area contributed by atoms with Gasteiger partial charge in [0.2, 0.25) is 0 Å². The summed E-state index contributed by atoms with van der Waals surface area (Å²) >= 11 is 0. The van der Waals surface area contributed by atoms with Crippen molar-refractivity contribution in [2.75, 3.05) is 5.73 Å². The standard InChI is InChI=1S/C10H13N5/c1-7-9(12)6-14-15(7)10-8(5-11)3-2-4-13-10/h2-4,6H,5,11-12H2,1H3. The van der Waals surface area contributed by atoms with E-state index in [1.165, 1.54) is 0 Å². The molecule has 78 valence electrons. The van der Waals surface area contributed by atoms with Crippen LogP contribution in [0.2, 0.25) is 0 Å². The molecule has 0 bridgehead atoms. The van der Waals surface area contributed by atoms with Gasteiger partial charge in [-0.2, -0.15) is 5.10 Å². The van der Waals surface area contributed by atoms with Crippen LogP contribution >= 0.6 is 0 Å². The van der Waals surface area contributed by atoms with Crippen molar-refractivity contribution in [1.82, 2.24) is 14.8 Å². The molecule has 0 aromatic carbocycles. The van der Waals surface area contributed by atoms with Crippen molar-refractivity contribution in [2.45, 2.75) is 13.5 Å². The minimum Gasteiger partial charge on any atom is -0.396 e. The Morgan fingerprint density at radius 2 is 2.27 bits per heavy atom. The summed E-state index contributed by atoms with van der Waals surface area (Å²) in [5, 5.41) is 4.17. The normalized spacial score (nSPS) is 10.5. The first kappa shape index (κ1) is 9.67. The van der Waals surface area contributed by atoms with Gasteiger partial charge in [-0.15, -0.1) is 0 Å². The minimum atomic E-state index is 0.433. The average molecular weight is 203 g/mol. The Hall–Kier alpha value is -1.88. The van der Waals surface area contributed by atoms with Crippen molar-refractivity contribution in [3.63, 3.8) is 0 Å². The molecule has 0 spiro atoms. The van der Waals surface area contributed by atoms with E-state index in [9.17, 15) is 0 Å². The first-order valence-electron chi connectivity index (χ1n) is 4.68. The Morgan fingerprint density at radius 1 is 1.47 bits per heavy atom. The number of nitrogens with zero attached hydrogens (tertiary/aromatic N) is 3. The van der Waals surface area contributed by atoms with Crippen LogP contribution in [-0.4, -0.2) is 14.8 Å². The quantitative estimate of drug-likeness (QED) is 0.749. The van der Waals surface area contributed by atoms with E-state index in [1.807, 2.05) is 19.1 Å². The second-order valence-corrected chi connectivity index (χ2v) is 3.29. The second-order valence-electron chi connectivity index (χ2n) is 3.29. The monoisotopic (exact) mass is 203 g/mol. The maximum Gasteiger partial charge on any atom is 0.158 e. The first-order chi connectivity index (χ1) is 7.24. The molecular weight excluding hydrogens is 190 g/mol. The lowest BCUT2D eigenvalue weighted by atomic mass is 10.2. The molecule has 0 aliphatic heterocycles. The molecule has 2 rings (SSSR count). The summed E-state index contributed by atoms with van der Waals surface area (Å²) in [7, 11) is 0. The molecule has 5 heteroatoms. The van der Waals surface area contributed by atoms with E-state index < -0.39 is 0 Å². The number of pyridine rings is 1. The number of aromatic nitrogens is 3. The van der Waals surface area contributed by atoms with Crippen LogP contribution in [0.15, 0.2) is 24.5 Å². The third-order valence-corrected chi connectivity index (χ3v) is 2.34. The van der Waals surface area contributed by atoms with Gasteiger partial charge < -0.3 is 11.5 Å². The van der Waals surface area contributed by atoms with Crippen LogP contribution in [-0.2, 0) is 6.54 Å². The Balaban J connectivity index is 2.58. The molecule has 0 amide bonds. The zero-order valence-corrected chi connectivity index (χ0v) is 8.51. The molecule has 0 aliphatic carbocycles. The highest BCUT2D eigenvalue weighted by Gasteiger charge is 2.09. The SMILES string of the molecule is Cc1c(N)cnn1-c1ncccc1CN. The maximum atomic E-state index is 5.73. The number of anilines is 1. The maximum absolute atomic E-state index is 5.73. The van der Waals surface area contributed by atoms with E-state index in [4.69, 9.17) is 11.5 Å².